The fourth-order valence-corrected chi connectivity index (χ4v) is 3.47. The molecule has 1 heterocycles. The molecule has 2 saturated carbocycles. The quantitative estimate of drug-likeness (QED) is 0.789. The van der Waals surface area contributed by atoms with Gasteiger partial charge in [-0.3, -0.25) is 0 Å². The van der Waals surface area contributed by atoms with Gasteiger partial charge in [-0.2, -0.15) is 0 Å². The van der Waals surface area contributed by atoms with Crippen molar-refractivity contribution in [1.29, 1.82) is 0 Å². The van der Waals surface area contributed by atoms with E-state index in [2.05, 4.69) is 17.1 Å². The highest BCUT2D eigenvalue weighted by Gasteiger charge is 2.42. The molecule has 1 saturated heterocycles. The Labute approximate surface area is 106 Å². The summed E-state index contributed by atoms with van der Waals surface area (Å²) in [5.74, 6) is 2.07. The Morgan fingerprint density at radius 1 is 1.24 bits per heavy atom. The van der Waals surface area contributed by atoms with Gasteiger partial charge in [0.05, 0.1) is 0 Å². The Kier molecular flexibility index (Phi) is 3.45. The van der Waals surface area contributed by atoms with Gasteiger partial charge in [-0.15, -0.1) is 0 Å². The lowest BCUT2D eigenvalue weighted by Gasteiger charge is -2.34. The van der Waals surface area contributed by atoms with E-state index in [9.17, 15) is 0 Å². The van der Waals surface area contributed by atoms with Crippen molar-refractivity contribution in [3.05, 3.63) is 0 Å². The third kappa shape index (κ3) is 3.23. The maximum Gasteiger partial charge on any atom is 0.0308 e. The fourth-order valence-electron chi connectivity index (χ4n) is 3.47. The maximum absolute atomic E-state index is 3.82. The summed E-state index contributed by atoms with van der Waals surface area (Å²) in [6.07, 6.45) is 10.2. The van der Waals surface area contributed by atoms with Crippen molar-refractivity contribution in [3.63, 3.8) is 0 Å². The van der Waals surface area contributed by atoms with Crippen molar-refractivity contribution < 1.29 is 0 Å². The molecule has 0 bridgehead atoms. The molecular formula is C15H28N2. The predicted molar refractivity (Wildman–Crippen MR) is 72.1 cm³/mol. The first-order chi connectivity index (χ1) is 8.26. The van der Waals surface area contributed by atoms with Crippen LogP contribution in [0.4, 0.5) is 0 Å². The van der Waals surface area contributed by atoms with Crippen LogP contribution < -0.4 is 5.32 Å². The molecule has 17 heavy (non-hydrogen) atoms. The second kappa shape index (κ2) is 4.89. The van der Waals surface area contributed by atoms with Crippen LogP contribution in [0.1, 0.15) is 51.9 Å². The standard InChI is InChI=1S/C15H28N2/c1-15(14-7-8-14)12-17(11-3-9-16-15)10-2-4-13-5-6-13/h13-14,16H,2-12H2,1H3. The van der Waals surface area contributed by atoms with Gasteiger partial charge in [0.2, 0.25) is 0 Å². The largest absolute Gasteiger partial charge is 0.310 e. The third-order valence-corrected chi connectivity index (χ3v) is 4.99. The molecular weight excluding hydrogens is 208 g/mol. The van der Waals surface area contributed by atoms with Crippen molar-refractivity contribution in [1.82, 2.24) is 10.2 Å². The zero-order chi connectivity index (χ0) is 11.7. The van der Waals surface area contributed by atoms with Crippen LogP contribution in [0.15, 0.2) is 0 Å². The van der Waals surface area contributed by atoms with E-state index in [1.54, 1.807) is 0 Å². The molecule has 3 rings (SSSR count). The summed E-state index contributed by atoms with van der Waals surface area (Å²) >= 11 is 0. The second-order valence-electron chi connectivity index (χ2n) is 6.83. The van der Waals surface area contributed by atoms with E-state index in [1.807, 2.05) is 0 Å². The lowest BCUT2D eigenvalue weighted by atomic mass is 9.95. The van der Waals surface area contributed by atoms with E-state index >= 15 is 0 Å². The molecule has 98 valence electrons. The van der Waals surface area contributed by atoms with Crippen LogP contribution >= 0.6 is 0 Å². The first-order valence-corrected chi connectivity index (χ1v) is 7.74. The van der Waals surface area contributed by atoms with Gasteiger partial charge >= 0.3 is 0 Å². The molecule has 3 aliphatic rings. The lowest BCUT2D eigenvalue weighted by molar-refractivity contribution is 0.197. The summed E-state index contributed by atoms with van der Waals surface area (Å²) in [4.78, 5) is 2.74. The summed E-state index contributed by atoms with van der Waals surface area (Å²) in [6.45, 7) is 7.65. The molecule has 0 aromatic heterocycles. The van der Waals surface area contributed by atoms with E-state index in [4.69, 9.17) is 0 Å². The maximum atomic E-state index is 3.82. The van der Waals surface area contributed by atoms with Gasteiger partial charge in [-0.25, -0.2) is 0 Å². The van der Waals surface area contributed by atoms with Crippen LogP contribution in [0.2, 0.25) is 0 Å². The molecule has 1 aliphatic heterocycles. The second-order valence-corrected chi connectivity index (χ2v) is 6.83. The average molecular weight is 236 g/mol. The highest BCUT2D eigenvalue weighted by atomic mass is 15.2. The Morgan fingerprint density at radius 2 is 2.06 bits per heavy atom. The molecule has 0 aromatic carbocycles. The van der Waals surface area contributed by atoms with E-state index in [1.165, 1.54) is 71.1 Å². The smallest absolute Gasteiger partial charge is 0.0308 e. The first kappa shape index (κ1) is 12.0. The molecule has 0 aromatic rings. The van der Waals surface area contributed by atoms with Crippen LogP contribution in [-0.2, 0) is 0 Å². The summed E-state index contributed by atoms with van der Waals surface area (Å²) in [7, 11) is 0. The van der Waals surface area contributed by atoms with Crippen molar-refractivity contribution in [2.75, 3.05) is 26.2 Å². The molecule has 0 spiro atoms. The predicted octanol–water partition coefficient (Wildman–Crippen LogP) is 2.64. The summed E-state index contributed by atoms with van der Waals surface area (Å²) in [6, 6.07) is 0. The van der Waals surface area contributed by atoms with Gasteiger partial charge < -0.3 is 10.2 Å². The SMILES string of the molecule is CC1(C2CC2)CN(CCCC2CC2)CCCN1. The summed E-state index contributed by atoms with van der Waals surface area (Å²) in [5, 5.41) is 3.82. The minimum absolute atomic E-state index is 0.427. The Hall–Kier alpha value is -0.0800. The number of nitrogens with one attached hydrogen (secondary N) is 1. The first-order valence-electron chi connectivity index (χ1n) is 7.74. The molecule has 1 atom stereocenters. The fraction of sp³-hybridized carbons (Fsp3) is 1.00. The number of hydrogen-bond acceptors (Lipinski definition) is 2. The van der Waals surface area contributed by atoms with Crippen LogP contribution in [0.25, 0.3) is 0 Å². The zero-order valence-corrected chi connectivity index (χ0v) is 11.4. The Morgan fingerprint density at radius 3 is 2.76 bits per heavy atom. The van der Waals surface area contributed by atoms with Crippen LogP contribution in [0.3, 0.4) is 0 Å². The number of rotatable bonds is 5. The van der Waals surface area contributed by atoms with Crippen molar-refractivity contribution in [2.24, 2.45) is 11.8 Å². The third-order valence-electron chi connectivity index (χ3n) is 4.99. The minimum Gasteiger partial charge on any atom is -0.310 e. The molecule has 1 unspecified atom stereocenters. The minimum atomic E-state index is 0.427. The van der Waals surface area contributed by atoms with Crippen molar-refractivity contribution in [3.8, 4) is 0 Å². The van der Waals surface area contributed by atoms with E-state index in [0.717, 1.165) is 11.8 Å². The molecule has 0 radical (unpaired) electrons. The van der Waals surface area contributed by atoms with Crippen molar-refractivity contribution in [2.45, 2.75) is 57.4 Å². The van der Waals surface area contributed by atoms with Crippen LogP contribution in [0, 0.1) is 11.8 Å². The van der Waals surface area contributed by atoms with Gasteiger partial charge in [0, 0.05) is 12.1 Å². The van der Waals surface area contributed by atoms with Crippen LogP contribution in [-0.4, -0.2) is 36.6 Å². The molecule has 2 heteroatoms. The topological polar surface area (TPSA) is 15.3 Å². The van der Waals surface area contributed by atoms with E-state index < -0.39 is 0 Å². The van der Waals surface area contributed by atoms with Crippen LogP contribution in [0.5, 0.6) is 0 Å². The molecule has 2 nitrogen and oxygen atoms in total. The number of hydrogen-bond donors (Lipinski definition) is 1. The molecule has 3 fully saturated rings. The van der Waals surface area contributed by atoms with Crippen molar-refractivity contribution >= 4 is 0 Å². The monoisotopic (exact) mass is 236 g/mol. The van der Waals surface area contributed by atoms with Gasteiger partial charge in [-0.05, 0) is 70.5 Å². The van der Waals surface area contributed by atoms with Gasteiger partial charge in [0.15, 0.2) is 0 Å². The number of nitrogens with zero attached hydrogens (tertiary/aromatic N) is 1. The highest BCUT2D eigenvalue weighted by molar-refractivity contribution is 5.00. The highest BCUT2D eigenvalue weighted by Crippen LogP contribution is 2.40. The van der Waals surface area contributed by atoms with Gasteiger partial charge in [0.25, 0.3) is 0 Å². The van der Waals surface area contributed by atoms with Gasteiger partial charge in [0.1, 0.15) is 0 Å². The molecule has 1 N–H and O–H groups in total. The Bertz CT molecular complexity index is 258. The molecule has 0 amide bonds. The Balaban J connectivity index is 1.48. The lowest BCUT2D eigenvalue weighted by Crippen LogP contribution is -2.51. The summed E-state index contributed by atoms with van der Waals surface area (Å²) < 4.78 is 0. The average Bonchev–Trinajstić information content (AvgIpc) is 3.17. The zero-order valence-electron chi connectivity index (χ0n) is 11.4. The van der Waals surface area contributed by atoms with E-state index in [-0.39, 0.29) is 0 Å². The molecule has 2 aliphatic carbocycles. The summed E-state index contributed by atoms with van der Waals surface area (Å²) in [5.41, 5.74) is 0.427. The normalized spacial score (nSPS) is 35.8. The van der Waals surface area contributed by atoms with Gasteiger partial charge in [-0.1, -0.05) is 12.8 Å². The van der Waals surface area contributed by atoms with E-state index in [0.29, 0.717) is 5.54 Å².